The molecule has 0 fully saturated rings. The number of hydrogen-bond donors (Lipinski definition) is 0. The van der Waals surface area contributed by atoms with Gasteiger partial charge in [0.15, 0.2) is 0 Å². The number of hydrogen-bond acceptors (Lipinski definition) is 4. The molecule has 0 spiro atoms. The van der Waals surface area contributed by atoms with Crippen molar-refractivity contribution < 1.29 is 17.9 Å². The first-order valence-corrected chi connectivity index (χ1v) is 12.5. The van der Waals surface area contributed by atoms with Gasteiger partial charge in [-0.3, -0.25) is 9.10 Å². The van der Waals surface area contributed by atoms with Gasteiger partial charge in [-0.15, -0.1) is 0 Å². The van der Waals surface area contributed by atoms with Gasteiger partial charge in [-0.05, 0) is 67.8 Å². The summed E-state index contributed by atoms with van der Waals surface area (Å²) in [5, 5.41) is 0. The number of rotatable bonds is 7. The van der Waals surface area contributed by atoms with E-state index in [1.54, 1.807) is 53.4 Å². The second-order valence-electron chi connectivity index (χ2n) is 8.09. The van der Waals surface area contributed by atoms with Crippen LogP contribution < -0.4 is 9.04 Å². The maximum absolute atomic E-state index is 13.6. The molecule has 0 saturated carbocycles. The maximum Gasteiger partial charge on any atom is 0.264 e. The molecule has 0 atom stereocenters. The summed E-state index contributed by atoms with van der Waals surface area (Å²) in [4.78, 5) is 15.2. The van der Waals surface area contributed by atoms with Crippen molar-refractivity contribution in [3.8, 4) is 5.75 Å². The highest BCUT2D eigenvalue weighted by molar-refractivity contribution is 7.92. The number of fused-ring (bicyclic) bond motifs is 1. The number of amides is 1. The number of nitrogens with zero attached hydrogens (tertiary/aromatic N) is 2. The highest BCUT2D eigenvalue weighted by Gasteiger charge is 2.30. The molecule has 3 aromatic carbocycles. The normalized spacial score (nSPS) is 13.3. The Morgan fingerprint density at radius 3 is 2.30 bits per heavy atom. The van der Waals surface area contributed by atoms with Crippen molar-refractivity contribution >= 4 is 21.6 Å². The van der Waals surface area contributed by atoms with Gasteiger partial charge in [-0.2, -0.15) is 0 Å². The summed E-state index contributed by atoms with van der Waals surface area (Å²) in [6.07, 6.45) is 0.760. The summed E-state index contributed by atoms with van der Waals surface area (Å²) >= 11 is 0. The lowest BCUT2D eigenvalue weighted by molar-refractivity contribution is -0.130. The Labute approximate surface area is 195 Å². The fourth-order valence-electron chi connectivity index (χ4n) is 3.96. The second-order valence-corrected chi connectivity index (χ2v) is 9.95. The second kappa shape index (κ2) is 9.67. The van der Waals surface area contributed by atoms with Crippen molar-refractivity contribution in [3.63, 3.8) is 0 Å². The molecule has 33 heavy (non-hydrogen) atoms. The molecule has 0 radical (unpaired) electrons. The lowest BCUT2D eigenvalue weighted by Crippen LogP contribution is -2.44. The zero-order valence-electron chi connectivity index (χ0n) is 18.9. The largest absolute Gasteiger partial charge is 0.494 e. The van der Waals surface area contributed by atoms with Crippen molar-refractivity contribution in [2.75, 3.05) is 24.0 Å². The molecule has 0 bridgehead atoms. The van der Waals surface area contributed by atoms with Gasteiger partial charge in [0.05, 0.1) is 17.2 Å². The van der Waals surface area contributed by atoms with Crippen molar-refractivity contribution in [2.24, 2.45) is 0 Å². The SMILES string of the molecule is CCOc1ccc(N(CC(=O)N2CCc3ccccc3C2)S(=O)(=O)c2ccc(C)cc2)cc1. The van der Waals surface area contributed by atoms with Gasteiger partial charge in [0.25, 0.3) is 10.0 Å². The number of anilines is 1. The van der Waals surface area contributed by atoms with Gasteiger partial charge in [0.1, 0.15) is 12.3 Å². The molecule has 3 aromatic rings. The number of carbonyl (C=O) groups is 1. The van der Waals surface area contributed by atoms with E-state index in [1.807, 2.05) is 32.0 Å². The minimum absolute atomic E-state index is 0.152. The summed E-state index contributed by atoms with van der Waals surface area (Å²) in [6, 6.07) is 21.5. The molecule has 1 heterocycles. The van der Waals surface area contributed by atoms with Crippen LogP contribution in [0.1, 0.15) is 23.6 Å². The summed E-state index contributed by atoms with van der Waals surface area (Å²) < 4.78 is 33.9. The number of aryl methyl sites for hydroxylation is 1. The van der Waals surface area contributed by atoms with E-state index in [-0.39, 0.29) is 17.3 Å². The Bertz CT molecular complexity index is 1220. The van der Waals surface area contributed by atoms with E-state index in [0.717, 1.165) is 17.5 Å². The average molecular weight is 465 g/mol. The van der Waals surface area contributed by atoms with Crippen molar-refractivity contribution in [2.45, 2.75) is 31.7 Å². The van der Waals surface area contributed by atoms with Crippen LogP contribution in [0, 0.1) is 6.92 Å². The van der Waals surface area contributed by atoms with E-state index in [1.165, 1.54) is 9.87 Å². The fourth-order valence-corrected chi connectivity index (χ4v) is 5.37. The summed E-state index contributed by atoms with van der Waals surface area (Å²) in [6.45, 7) is 5.08. The molecule has 4 rings (SSSR count). The number of carbonyl (C=O) groups excluding carboxylic acids is 1. The lowest BCUT2D eigenvalue weighted by atomic mass is 10.00. The van der Waals surface area contributed by atoms with Gasteiger partial charge in [0.2, 0.25) is 5.91 Å². The maximum atomic E-state index is 13.6. The standard InChI is InChI=1S/C26H28N2O4S/c1-3-32-24-12-10-23(11-13-24)28(33(30,31)25-14-8-20(2)9-15-25)19-26(29)27-17-16-21-6-4-5-7-22(21)18-27/h4-15H,3,16-19H2,1-2H3. The molecule has 0 aromatic heterocycles. The van der Waals surface area contributed by atoms with Crippen LogP contribution in [0.25, 0.3) is 0 Å². The van der Waals surface area contributed by atoms with E-state index in [4.69, 9.17) is 4.74 Å². The van der Waals surface area contributed by atoms with E-state index in [9.17, 15) is 13.2 Å². The Hall–Kier alpha value is -3.32. The van der Waals surface area contributed by atoms with Crippen LogP contribution in [0.15, 0.2) is 77.7 Å². The zero-order chi connectivity index (χ0) is 23.4. The van der Waals surface area contributed by atoms with Crippen LogP contribution in [-0.4, -0.2) is 38.9 Å². The predicted octanol–water partition coefficient (Wildman–Crippen LogP) is 4.17. The molecule has 1 aliphatic heterocycles. The third-order valence-corrected chi connectivity index (χ3v) is 7.59. The Kier molecular flexibility index (Phi) is 6.70. The van der Waals surface area contributed by atoms with Crippen LogP contribution >= 0.6 is 0 Å². The minimum atomic E-state index is -3.95. The number of sulfonamides is 1. The van der Waals surface area contributed by atoms with Gasteiger partial charge in [0, 0.05) is 13.1 Å². The lowest BCUT2D eigenvalue weighted by Gasteiger charge is -2.32. The molecule has 0 saturated heterocycles. The Morgan fingerprint density at radius 1 is 0.970 bits per heavy atom. The summed E-state index contributed by atoms with van der Waals surface area (Å²) in [5.74, 6) is 0.418. The smallest absolute Gasteiger partial charge is 0.264 e. The van der Waals surface area contributed by atoms with E-state index in [2.05, 4.69) is 6.07 Å². The quantitative estimate of drug-likeness (QED) is 0.526. The molecule has 172 valence electrons. The van der Waals surface area contributed by atoms with Crippen LogP contribution in [0.3, 0.4) is 0 Å². The van der Waals surface area contributed by atoms with Crippen molar-refractivity contribution in [1.29, 1.82) is 0 Å². The highest BCUT2D eigenvalue weighted by Crippen LogP contribution is 2.27. The highest BCUT2D eigenvalue weighted by atomic mass is 32.2. The molecule has 0 N–H and O–H groups in total. The van der Waals surface area contributed by atoms with Crippen LogP contribution in [0.4, 0.5) is 5.69 Å². The van der Waals surface area contributed by atoms with Gasteiger partial charge in [-0.1, -0.05) is 42.0 Å². The third-order valence-electron chi connectivity index (χ3n) is 5.81. The molecular formula is C26H28N2O4S. The molecule has 1 amide bonds. The Balaban J connectivity index is 1.64. The summed E-state index contributed by atoms with van der Waals surface area (Å²) in [5.41, 5.74) is 3.72. The zero-order valence-corrected chi connectivity index (χ0v) is 19.7. The predicted molar refractivity (Wildman–Crippen MR) is 129 cm³/mol. The van der Waals surface area contributed by atoms with Crippen molar-refractivity contribution in [3.05, 3.63) is 89.5 Å². The van der Waals surface area contributed by atoms with Gasteiger partial charge in [-0.25, -0.2) is 8.42 Å². The first-order valence-electron chi connectivity index (χ1n) is 11.1. The molecular weight excluding hydrogens is 436 g/mol. The monoisotopic (exact) mass is 464 g/mol. The average Bonchev–Trinajstić information content (AvgIpc) is 2.83. The van der Waals surface area contributed by atoms with Gasteiger partial charge < -0.3 is 9.64 Å². The molecule has 1 aliphatic rings. The number of benzene rings is 3. The first kappa shape index (κ1) is 22.9. The molecule has 0 aliphatic carbocycles. The van der Waals surface area contributed by atoms with Crippen molar-refractivity contribution in [1.82, 2.24) is 4.90 Å². The third kappa shape index (κ3) is 5.03. The topological polar surface area (TPSA) is 66.9 Å². The minimum Gasteiger partial charge on any atom is -0.494 e. The van der Waals surface area contributed by atoms with Crippen LogP contribution in [-0.2, 0) is 27.8 Å². The molecule has 7 heteroatoms. The number of ether oxygens (including phenoxy) is 1. The fraction of sp³-hybridized carbons (Fsp3) is 0.269. The van der Waals surface area contributed by atoms with Gasteiger partial charge >= 0.3 is 0 Å². The Morgan fingerprint density at radius 2 is 1.64 bits per heavy atom. The van der Waals surface area contributed by atoms with E-state index in [0.29, 0.717) is 31.1 Å². The van der Waals surface area contributed by atoms with E-state index >= 15 is 0 Å². The molecule has 0 unspecified atom stereocenters. The van der Waals surface area contributed by atoms with E-state index < -0.39 is 10.0 Å². The summed E-state index contributed by atoms with van der Waals surface area (Å²) in [7, 11) is -3.95. The first-order chi connectivity index (χ1) is 15.9. The molecule has 6 nitrogen and oxygen atoms in total. The van der Waals surface area contributed by atoms with Crippen LogP contribution in [0.2, 0.25) is 0 Å². The van der Waals surface area contributed by atoms with Crippen LogP contribution in [0.5, 0.6) is 5.75 Å².